The number of benzene rings is 2. The summed E-state index contributed by atoms with van der Waals surface area (Å²) in [6, 6.07) is 12.9. The van der Waals surface area contributed by atoms with Crippen LogP contribution >= 0.6 is 0 Å². The lowest BCUT2D eigenvalue weighted by Gasteiger charge is -2.61. The first kappa shape index (κ1) is 46.0. The van der Waals surface area contributed by atoms with Crippen molar-refractivity contribution in [1.29, 1.82) is 0 Å². The molecule has 2 aliphatic carbocycles. The fourth-order valence-electron chi connectivity index (χ4n) is 9.47. The number of esters is 2. The Kier molecular flexibility index (Phi) is 16.3. The number of nitrogens with zero attached hydrogens (tertiary/aromatic N) is 1. The third kappa shape index (κ3) is 10.6. The molecule has 2 heterocycles. The fraction of sp³-hybridized carbons (Fsp3) is 0.630. The van der Waals surface area contributed by atoms with Crippen LogP contribution in [-0.2, 0) is 35.7 Å². The zero-order chi connectivity index (χ0) is 42.6. The summed E-state index contributed by atoms with van der Waals surface area (Å²) in [4.78, 5) is 38.3. The summed E-state index contributed by atoms with van der Waals surface area (Å²) in [6.45, 7) is 3.04. The van der Waals surface area contributed by atoms with E-state index in [0.29, 0.717) is 42.1 Å². The van der Waals surface area contributed by atoms with Gasteiger partial charge in [-0.2, -0.15) is 13.2 Å². The highest BCUT2D eigenvalue weighted by atomic mass is 19.4. The van der Waals surface area contributed by atoms with E-state index in [1.807, 2.05) is 24.3 Å². The normalized spacial score (nSPS) is 23.1. The molecule has 326 valence electrons. The monoisotopic (exact) mass is 829 g/mol. The summed E-state index contributed by atoms with van der Waals surface area (Å²) < 4.78 is 56.2. The highest BCUT2D eigenvalue weighted by Crippen LogP contribution is 2.65. The Balaban J connectivity index is 0.000000867. The van der Waals surface area contributed by atoms with Crippen LogP contribution in [-0.4, -0.2) is 77.6 Å². The summed E-state index contributed by atoms with van der Waals surface area (Å²) in [5.41, 5.74) is 0.754. The predicted octanol–water partition coefficient (Wildman–Crippen LogP) is 9.70. The first-order valence-corrected chi connectivity index (χ1v) is 21.5. The van der Waals surface area contributed by atoms with Crippen LogP contribution in [0.1, 0.15) is 145 Å². The maximum atomic E-state index is 14.0. The summed E-state index contributed by atoms with van der Waals surface area (Å²) in [6.07, 6.45) is 15.5. The number of carbonyl (C=O) groups excluding carboxylic acids is 2. The molecule has 2 aromatic rings. The van der Waals surface area contributed by atoms with Crippen LogP contribution < -0.4 is 9.47 Å². The van der Waals surface area contributed by atoms with Gasteiger partial charge in [0.05, 0.1) is 18.1 Å². The summed E-state index contributed by atoms with van der Waals surface area (Å²) in [5.74, 6) is -2.27. The van der Waals surface area contributed by atoms with Crippen molar-refractivity contribution in [3.05, 3.63) is 71.0 Å². The van der Waals surface area contributed by atoms with Gasteiger partial charge in [-0.1, -0.05) is 133 Å². The zero-order valence-corrected chi connectivity index (χ0v) is 34.8. The van der Waals surface area contributed by atoms with Crippen molar-refractivity contribution in [2.24, 2.45) is 0 Å². The first-order chi connectivity index (χ1) is 28.3. The molecular weight excluding hydrogens is 767 g/mol. The maximum Gasteiger partial charge on any atom is 0.490 e. The maximum absolute atomic E-state index is 14.0. The van der Waals surface area contributed by atoms with Crippen LogP contribution in [0.15, 0.2) is 54.3 Å². The number of likely N-dealkylation sites (N-methyl/N-ethyl adjacent to an activating group) is 1. The molecule has 2 N–H and O–H groups in total. The lowest BCUT2D eigenvalue weighted by atomic mass is 9.50. The zero-order valence-electron chi connectivity index (χ0n) is 34.8. The van der Waals surface area contributed by atoms with Crippen LogP contribution in [0, 0.1) is 0 Å². The van der Waals surface area contributed by atoms with Gasteiger partial charge in [-0.25, -0.2) is 9.59 Å². The summed E-state index contributed by atoms with van der Waals surface area (Å²) in [7, 11) is 3.68. The number of carboxylic acid groups (broad SMARTS) is 1. The number of aliphatic carboxylic acids is 1. The lowest BCUT2D eigenvalue weighted by molar-refractivity contribution is -0.192. The number of carbonyl (C=O) groups is 3. The molecule has 4 aliphatic rings. The number of methoxy groups -OCH3 is 1. The third-order valence-corrected chi connectivity index (χ3v) is 12.6. The van der Waals surface area contributed by atoms with Gasteiger partial charge in [-0.3, -0.25) is 4.79 Å². The molecule has 0 amide bonds. The molecule has 1 fully saturated rings. The van der Waals surface area contributed by atoms with E-state index in [4.69, 9.17) is 28.8 Å². The average Bonchev–Trinajstić information content (AvgIpc) is 3.57. The lowest BCUT2D eigenvalue weighted by Crippen LogP contribution is -2.74. The molecular formula is C46H62F3NO9. The number of hydrogen-bond acceptors (Lipinski definition) is 9. The molecule has 0 radical (unpaired) electrons. The van der Waals surface area contributed by atoms with Crippen LogP contribution in [0.5, 0.6) is 11.5 Å². The first-order valence-electron chi connectivity index (χ1n) is 21.5. The van der Waals surface area contributed by atoms with Gasteiger partial charge in [0.15, 0.2) is 17.6 Å². The van der Waals surface area contributed by atoms with Crippen molar-refractivity contribution in [2.75, 3.05) is 20.7 Å². The highest BCUT2D eigenvalue weighted by Gasteiger charge is 2.72. The molecule has 6 rings (SSSR count). The number of unbranched alkanes of at least 4 members (excludes halogenated alkanes) is 14. The van der Waals surface area contributed by atoms with Gasteiger partial charge in [-0.15, -0.1) is 0 Å². The number of likely N-dealkylation sites (tertiary alicyclic amines) is 1. The standard InChI is InChI=1S/C44H61NO7.C2HF3O2/c1-4-5-6-7-8-9-10-11-12-13-14-15-16-17-21-24-37(46)51-39(32-22-19-18-20-23-32)42(47)50-35-27-28-44(48)36-31-33-25-26-34(49-3)40-38(33)43(44,41(35)52-40)29-30-45(36)2;3-2(4,5)1(6)7/h18-20,22-23,25-27,36,39,41,48H,4-17,21,24,28-31H2,1-3H3;(H,6,7)/t36-,39?,41+,43+,44-;/m1./s1. The van der Waals surface area contributed by atoms with E-state index in [9.17, 15) is 27.9 Å². The van der Waals surface area contributed by atoms with Gasteiger partial charge in [0.1, 0.15) is 5.76 Å². The number of ether oxygens (including phenoxy) is 4. The highest BCUT2D eigenvalue weighted by molar-refractivity contribution is 5.82. The van der Waals surface area contributed by atoms with E-state index in [-0.39, 0.29) is 12.5 Å². The van der Waals surface area contributed by atoms with Crippen molar-refractivity contribution in [1.82, 2.24) is 4.90 Å². The Bertz CT molecular complexity index is 1750. The topological polar surface area (TPSA) is 132 Å². The van der Waals surface area contributed by atoms with E-state index in [1.54, 1.807) is 25.3 Å². The largest absolute Gasteiger partial charge is 0.493 e. The Hall–Kier alpha value is -4.10. The Labute approximate surface area is 346 Å². The fourth-order valence-corrected chi connectivity index (χ4v) is 9.47. The molecule has 2 bridgehead atoms. The molecule has 2 aromatic carbocycles. The minimum absolute atomic E-state index is 0.106. The van der Waals surface area contributed by atoms with Crippen molar-refractivity contribution >= 4 is 17.9 Å². The molecule has 0 aromatic heterocycles. The smallest absolute Gasteiger partial charge is 0.490 e. The molecule has 1 spiro atoms. The van der Waals surface area contributed by atoms with E-state index in [0.717, 1.165) is 36.9 Å². The molecule has 10 nitrogen and oxygen atoms in total. The number of alkyl halides is 3. The second-order valence-corrected chi connectivity index (χ2v) is 16.5. The van der Waals surface area contributed by atoms with Crippen LogP contribution in [0.3, 0.4) is 0 Å². The third-order valence-electron chi connectivity index (χ3n) is 12.6. The van der Waals surface area contributed by atoms with Crippen molar-refractivity contribution < 1.29 is 56.7 Å². The number of piperidine rings is 1. The molecule has 0 saturated carbocycles. The number of hydrogen-bond donors (Lipinski definition) is 2. The summed E-state index contributed by atoms with van der Waals surface area (Å²) in [5, 5.41) is 19.6. The average molecular weight is 830 g/mol. The van der Waals surface area contributed by atoms with E-state index in [2.05, 4.69) is 24.9 Å². The minimum atomic E-state index is -5.08. The number of aliphatic hydroxyl groups is 1. The van der Waals surface area contributed by atoms with Gasteiger partial charge in [0.2, 0.25) is 6.10 Å². The molecule has 1 saturated heterocycles. The quantitative estimate of drug-likeness (QED) is 0.0926. The summed E-state index contributed by atoms with van der Waals surface area (Å²) >= 11 is 0. The molecule has 13 heteroatoms. The second-order valence-electron chi connectivity index (χ2n) is 16.5. The van der Waals surface area contributed by atoms with Gasteiger partial charge in [0.25, 0.3) is 0 Å². The minimum Gasteiger partial charge on any atom is -0.493 e. The Morgan fingerprint density at radius 1 is 0.898 bits per heavy atom. The molecule has 5 atom stereocenters. The van der Waals surface area contributed by atoms with E-state index in [1.165, 1.54) is 77.0 Å². The van der Waals surface area contributed by atoms with E-state index >= 15 is 0 Å². The molecule has 2 aliphatic heterocycles. The van der Waals surface area contributed by atoms with Crippen molar-refractivity contribution in [3.63, 3.8) is 0 Å². The number of halogens is 3. The van der Waals surface area contributed by atoms with Crippen LogP contribution in [0.4, 0.5) is 13.2 Å². The number of carboxylic acids is 1. The Morgan fingerprint density at radius 2 is 1.47 bits per heavy atom. The number of rotatable bonds is 21. The van der Waals surface area contributed by atoms with Gasteiger partial charge < -0.3 is 34.1 Å². The van der Waals surface area contributed by atoms with Gasteiger partial charge in [0, 0.05) is 30.0 Å². The Morgan fingerprint density at radius 3 is 2.03 bits per heavy atom. The predicted molar refractivity (Wildman–Crippen MR) is 216 cm³/mol. The SMILES string of the molecule is CCCCCCCCCCCCCCCCCC(=O)OC(C(=O)OC1=CC[C@@]2(O)[C@H]3Cc4ccc(OC)c5c4[C@@]2(CCN3C)[C@H]1O5)c1ccccc1.O=C(O)C(F)(F)F. The van der Waals surface area contributed by atoms with Gasteiger partial charge >= 0.3 is 24.1 Å². The van der Waals surface area contributed by atoms with Crippen molar-refractivity contribution in [2.45, 2.75) is 164 Å². The van der Waals surface area contributed by atoms with E-state index < -0.39 is 47.3 Å². The molecule has 1 unspecified atom stereocenters. The molecule has 59 heavy (non-hydrogen) atoms. The van der Waals surface area contributed by atoms with Crippen molar-refractivity contribution in [3.8, 4) is 11.5 Å². The van der Waals surface area contributed by atoms with Gasteiger partial charge in [-0.05, 0) is 50.6 Å². The second kappa shape index (κ2) is 20.9. The van der Waals surface area contributed by atoms with Crippen LogP contribution in [0.2, 0.25) is 0 Å². The van der Waals surface area contributed by atoms with Crippen LogP contribution in [0.25, 0.3) is 0 Å².